The Labute approximate surface area is 238 Å². The van der Waals surface area contributed by atoms with Gasteiger partial charge in [0, 0.05) is 18.1 Å². The van der Waals surface area contributed by atoms with E-state index in [9.17, 15) is 0 Å². The summed E-state index contributed by atoms with van der Waals surface area (Å²) in [5, 5.41) is 0. The van der Waals surface area contributed by atoms with Crippen molar-refractivity contribution in [2.45, 2.75) is 148 Å². The molecule has 4 nitrogen and oxygen atoms in total. The van der Waals surface area contributed by atoms with Crippen molar-refractivity contribution in [1.82, 2.24) is 4.90 Å². The van der Waals surface area contributed by atoms with E-state index in [2.05, 4.69) is 47.0 Å². The zero-order valence-corrected chi connectivity index (χ0v) is 25.6. The number of aromatic nitrogens is 1. The molecule has 4 heteroatoms. The van der Waals surface area contributed by atoms with Crippen molar-refractivity contribution < 1.29 is 4.57 Å². The number of unbranched alkanes of at least 4 members (excludes halogenated alkanes) is 18. The zero-order valence-electron chi connectivity index (χ0n) is 25.6. The molecule has 0 saturated carbocycles. The number of rotatable bonds is 29. The van der Waals surface area contributed by atoms with Crippen molar-refractivity contribution in [3.05, 3.63) is 30.6 Å². The van der Waals surface area contributed by atoms with Crippen LogP contribution in [0.15, 0.2) is 30.6 Å². The van der Waals surface area contributed by atoms with Gasteiger partial charge < -0.3 is 16.4 Å². The van der Waals surface area contributed by atoms with Crippen LogP contribution in [-0.4, -0.2) is 37.6 Å². The van der Waals surface area contributed by atoms with E-state index >= 15 is 0 Å². The summed E-state index contributed by atoms with van der Waals surface area (Å²) >= 11 is 0. The number of hydrogen-bond donors (Lipinski definition) is 2. The standard InChI is InChI=1S/C34H67N4/c1-34(33-38-30-23-18-24-31-38)25-32-37(28-21-16-12-8-4-2-6-10-14-19-26-35)29-22-17-13-9-5-3-7-11-15-20-27-36/h18,23-24,30-31,34H,2-17,19-22,25-29,32-33,35-36H2,1H3/q+1. The Morgan fingerprint density at radius 3 is 1.26 bits per heavy atom. The molecule has 4 N–H and O–H groups in total. The Hall–Kier alpha value is -0.970. The van der Waals surface area contributed by atoms with Gasteiger partial charge in [-0.3, -0.25) is 0 Å². The van der Waals surface area contributed by atoms with Crippen LogP contribution in [0, 0.1) is 5.92 Å². The lowest BCUT2D eigenvalue weighted by Gasteiger charge is -2.23. The highest BCUT2D eigenvalue weighted by molar-refractivity contribution is 4.83. The van der Waals surface area contributed by atoms with E-state index in [1.807, 2.05) is 0 Å². The third-order valence-electron chi connectivity index (χ3n) is 8.09. The molecule has 0 bridgehead atoms. The molecule has 0 amide bonds. The molecule has 1 atom stereocenters. The van der Waals surface area contributed by atoms with Gasteiger partial charge in [0.25, 0.3) is 0 Å². The highest BCUT2D eigenvalue weighted by Crippen LogP contribution is 2.14. The molecule has 0 aliphatic rings. The summed E-state index contributed by atoms with van der Waals surface area (Å²) in [7, 11) is 0. The van der Waals surface area contributed by atoms with Crippen LogP contribution in [0.3, 0.4) is 0 Å². The van der Waals surface area contributed by atoms with Gasteiger partial charge in [0.15, 0.2) is 18.9 Å². The van der Waals surface area contributed by atoms with Gasteiger partial charge in [-0.15, -0.1) is 0 Å². The summed E-state index contributed by atoms with van der Waals surface area (Å²) in [6, 6.07) is 6.39. The van der Waals surface area contributed by atoms with E-state index in [0.717, 1.165) is 25.6 Å². The van der Waals surface area contributed by atoms with Gasteiger partial charge in [-0.2, -0.15) is 0 Å². The Morgan fingerprint density at radius 1 is 0.500 bits per heavy atom. The second-order valence-corrected chi connectivity index (χ2v) is 12.0. The van der Waals surface area contributed by atoms with E-state index in [-0.39, 0.29) is 0 Å². The Morgan fingerprint density at radius 2 is 0.868 bits per heavy atom. The lowest BCUT2D eigenvalue weighted by molar-refractivity contribution is -0.703. The highest BCUT2D eigenvalue weighted by atomic mass is 15.1. The molecule has 1 unspecified atom stereocenters. The molecule has 0 spiro atoms. The topological polar surface area (TPSA) is 59.2 Å². The summed E-state index contributed by atoms with van der Waals surface area (Å²) in [5.41, 5.74) is 11.2. The Balaban J connectivity index is 2.18. The normalized spacial score (nSPS) is 12.4. The van der Waals surface area contributed by atoms with E-state index in [0.29, 0.717) is 0 Å². The first kappa shape index (κ1) is 35.1. The zero-order chi connectivity index (χ0) is 27.4. The van der Waals surface area contributed by atoms with Crippen LogP contribution in [-0.2, 0) is 6.54 Å². The van der Waals surface area contributed by atoms with Crippen molar-refractivity contribution >= 4 is 0 Å². The molecule has 0 aliphatic carbocycles. The van der Waals surface area contributed by atoms with Crippen molar-refractivity contribution in [2.75, 3.05) is 32.7 Å². The molecule has 222 valence electrons. The Bertz CT molecular complexity index is 553. The van der Waals surface area contributed by atoms with E-state index < -0.39 is 0 Å². The molecule has 0 aliphatic heterocycles. The van der Waals surface area contributed by atoms with Crippen LogP contribution in [0.5, 0.6) is 0 Å². The fraction of sp³-hybridized carbons (Fsp3) is 0.853. The maximum atomic E-state index is 5.59. The molecule has 1 heterocycles. The van der Waals surface area contributed by atoms with Crippen molar-refractivity contribution in [2.24, 2.45) is 17.4 Å². The number of nitrogens with zero attached hydrogens (tertiary/aromatic N) is 2. The third kappa shape index (κ3) is 23.0. The average molecular weight is 532 g/mol. The summed E-state index contributed by atoms with van der Waals surface area (Å²) in [6.07, 6.45) is 33.3. The molecule has 0 fully saturated rings. The maximum Gasteiger partial charge on any atom is 0.168 e. The van der Waals surface area contributed by atoms with Crippen LogP contribution >= 0.6 is 0 Å². The van der Waals surface area contributed by atoms with Gasteiger partial charge in [0.1, 0.15) is 0 Å². The molecule has 0 saturated heterocycles. The van der Waals surface area contributed by atoms with Gasteiger partial charge in [-0.1, -0.05) is 116 Å². The van der Waals surface area contributed by atoms with Gasteiger partial charge >= 0.3 is 0 Å². The third-order valence-corrected chi connectivity index (χ3v) is 8.09. The molecule has 0 radical (unpaired) electrons. The molecule has 1 aromatic heterocycles. The second-order valence-electron chi connectivity index (χ2n) is 12.0. The first-order valence-corrected chi connectivity index (χ1v) is 16.8. The summed E-state index contributed by atoms with van der Waals surface area (Å²) in [4.78, 5) is 2.79. The SMILES string of the molecule is CC(CCN(CCCCCCCCCCCCN)CCCCCCCCCCCCN)C[n+]1ccccc1. The summed E-state index contributed by atoms with van der Waals surface area (Å²) in [6.45, 7) is 9.13. The van der Waals surface area contributed by atoms with Gasteiger partial charge in [-0.05, 0) is 64.8 Å². The minimum atomic E-state index is 0.722. The van der Waals surface area contributed by atoms with Crippen LogP contribution in [0.1, 0.15) is 142 Å². The predicted octanol–water partition coefficient (Wildman–Crippen LogP) is 8.02. The molecular formula is C34H67N4+. The lowest BCUT2D eigenvalue weighted by Crippen LogP contribution is -2.37. The molecule has 38 heavy (non-hydrogen) atoms. The van der Waals surface area contributed by atoms with Crippen molar-refractivity contribution in [3.63, 3.8) is 0 Å². The first-order chi connectivity index (χ1) is 18.8. The number of nitrogens with two attached hydrogens (primary N) is 2. The fourth-order valence-corrected chi connectivity index (χ4v) is 5.53. The smallest absolute Gasteiger partial charge is 0.168 e. The van der Waals surface area contributed by atoms with Crippen LogP contribution < -0.4 is 16.0 Å². The first-order valence-electron chi connectivity index (χ1n) is 16.8. The maximum absolute atomic E-state index is 5.59. The Kier molecular flexibility index (Phi) is 25.5. The van der Waals surface area contributed by atoms with Crippen LogP contribution in [0.25, 0.3) is 0 Å². The van der Waals surface area contributed by atoms with Gasteiger partial charge in [0.2, 0.25) is 0 Å². The van der Waals surface area contributed by atoms with E-state index in [4.69, 9.17) is 11.5 Å². The van der Waals surface area contributed by atoms with Crippen LogP contribution in [0.2, 0.25) is 0 Å². The second kappa shape index (κ2) is 27.6. The molecular weight excluding hydrogens is 464 g/mol. The number of pyridine rings is 1. The average Bonchev–Trinajstić information content (AvgIpc) is 2.93. The minimum Gasteiger partial charge on any atom is -0.330 e. The summed E-state index contributed by atoms with van der Waals surface area (Å²) in [5.74, 6) is 0.722. The van der Waals surface area contributed by atoms with E-state index in [1.165, 1.54) is 154 Å². The largest absolute Gasteiger partial charge is 0.330 e. The van der Waals surface area contributed by atoms with Gasteiger partial charge in [0.05, 0.1) is 0 Å². The van der Waals surface area contributed by atoms with Crippen molar-refractivity contribution in [3.8, 4) is 0 Å². The van der Waals surface area contributed by atoms with Crippen molar-refractivity contribution in [1.29, 1.82) is 0 Å². The summed E-state index contributed by atoms with van der Waals surface area (Å²) < 4.78 is 2.34. The molecule has 1 aromatic rings. The monoisotopic (exact) mass is 532 g/mol. The number of hydrogen-bond acceptors (Lipinski definition) is 3. The highest BCUT2D eigenvalue weighted by Gasteiger charge is 2.12. The van der Waals surface area contributed by atoms with Gasteiger partial charge in [-0.25, -0.2) is 4.57 Å². The molecule has 0 aromatic carbocycles. The quantitative estimate of drug-likeness (QED) is 0.0812. The predicted molar refractivity (Wildman–Crippen MR) is 167 cm³/mol. The van der Waals surface area contributed by atoms with Crippen LogP contribution in [0.4, 0.5) is 0 Å². The van der Waals surface area contributed by atoms with E-state index in [1.54, 1.807) is 0 Å². The fourth-order valence-electron chi connectivity index (χ4n) is 5.53. The lowest BCUT2D eigenvalue weighted by atomic mass is 10.0. The minimum absolute atomic E-state index is 0.722. The molecule has 1 rings (SSSR count).